The highest BCUT2D eigenvalue weighted by Gasteiger charge is 2.49. The van der Waals surface area contributed by atoms with Crippen LogP contribution in [0.4, 0.5) is 9.59 Å². The van der Waals surface area contributed by atoms with Crippen LogP contribution in [0, 0.1) is 94.7 Å². The van der Waals surface area contributed by atoms with Crippen LogP contribution in [0.3, 0.4) is 0 Å². The molecule has 0 bridgehead atoms. The number of benzene rings is 1. The van der Waals surface area contributed by atoms with Crippen LogP contribution in [0.15, 0.2) is 30.3 Å². The minimum atomic E-state index is -1.00. The molecule has 3 aliphatic rings. The maximum Gasteiger partial charge on any atom is 0.410 e. The molecule has 844 valence electrons. The molecule has 4 rings (SSSR count). The van der Waals surface area contributed by atoms with Crippen LogP contribution in [0.5, 0.6) is 0 Å². The molecule has 0 aromatic heterocycles. The van der Waals surface area contributed by atoms with Crippen molar-refractivity contribution < 1.29 is 123 Å². The van der Waals surface area contributed by atoms with Crippen molar-refractivity contribution in [3.05, 3.63) is 35.9 Å². The van der Waals surface area contributed by atoms with Gasteiger partial charge < -0.3 is 98.6 Å². The summed E-state index contributed by atoms with van der Waals surface area (Å²) in [5.74, 6) is -7.41. The molecule has 3 heterocycles. The Morgan fingerprint density at radius 3 is 1.05 bits per heavy atom. The quantitative estimate of drug-likeness (QED) is 0.0347. The van der Waals surface area contributed by atoms with Crippen molar-refractivity contribution >= 4 is 82.8 Å². The molecular formula is C112H201N9O25. The standard InChI is InChI=1S/C36H65N3O9.C33H60N2O6.C27H50N2O7.C16H23NO3.H3N/c1-15-23(6)31(28(46-13)20-29(41)39-18-16-17-26(39)32(47-14)24(7)34(43)44)37(11)33(42)25(21(2)3)19-27(40)30(22(4)5)38(12)35(45)48-36(8,9)10;1-13-22(7)31(34(10)33(39)26(21(5)6)18-28(37)25(14-2)20(3)4)29(40-11)19-30(38)35-17-15-16-27(35)32(41-12)23(8)24(9)36;1-13-18(6)24(21(35-12)15-22(31)32)28(10)25(33)19(16(2)3)14-20(30)23(17(4)5)29(11)26(34)36-27(7,8)9;1-12(15(19-2)14-9-6-10-17-14)16(18)20-11-13-7-4-3-5-8-13;/h21-26,28,30-32H,15-20H2,1-14H3,(H,43,44);20-23,25-27,29,31-32H,13-19H2,1-12H3;16-19,21,23-24H,13-15H2,1-12H3,(H,31,32);3-5,7-8,12,14-15,17H,6,9-11H2,1-2H3;1H3/t23-,24+,25-,26-,28+,30-,31-,32+;22-,23-,25-,26-,27-,29+,31-,32+;18-,19-,21+,23-,24-;12-,14+,15-;/m0001./s1/i;9T;;;/hT. The van der Waals surface area contributed by atoms with Gasteiger partial charge in [-0.1, -0.05) is 188 Å². The van der Waals surface area contributed by atoms with Gasteiger partial charge in [-0.25, -0.2) is 9.59 Å². The van der Waals surface area contributed by atoms with Gasteiger partial charge >= 0.3 is 30.1 Å². The van der Waals surface area contributed by atoms with Gasteiger partial charge in [0.1, 0.15) is 30.8 Å². The van der Waals surface area contributed by atoms with Crippen molar-refractivity contribution in [2.45, 2.75) is 406 Å². The highest BCUT2D eigenvalue weighted by Crippen LogP contribution is 2.37. The largest absolute Gasteiger partial charge is 0.481 e. The lowest BCUT2D eigenvalue weighted by Crippen LogP contribution is -2.54. The Labute approximate surface area is 881 Å². The van der Waals surface area contributed by atoms with Gasteiger partial charge in [-0.2, -0.15) is 0 Å². The van der Waals surface area contributed by atoms with E-state index in [4.69, 9.17) is 45.4 Å². The van der Waals surface area contributed by atoms with Crippen LogP contribution in [0.2, 0.25) is 1.41 Å². The zero-order valence-electron chi connectivity index (χ0n) is 99.0. The number of hydrogen-bond acceptors (Lipinski definition) is 25. The monoisotopic (exact) mass is 2080 g/mol. The number of methoxy groups -OCH3 is 6. The van der Waals surface area contributed by atoms with E-state index in [1.165, 1.54) is 31.1 Å². The summed E-state index contributed by atoms with van der Waals surface area (Å²) < 4.78 is 63.3. The highest BCUT2D eigenvalue weighted by molar-refractivity contribution is 5.94. The fourth-order valence-electron chi connectivity index (χ4n) is 20.9. The Hall–Kier alpha value is -8.12. The van der Waals surface area contributed by atoms with E-state index in [-0.39, 0.29) is 199 Å². The maximum atomic E-state index is 14.3. The second-order valence-corrected chi connectivity index (χ2v) is 44.8. The fraction of sp³-hybridized carbons (Fsp3) is 0.821. The Balaban J connectivity index is 0.00000200. The molecule has 146 heavy (non-hydrogen) atoms. The Morgan fingerprint density at radius 2 is 0.767 bits per heavy atom. The van der Waals surface area contributed by atoms with Crippen LogP contribution < -0.4 is 11.5 Å². The molecule has 0 radical (unpaired) electrons. The maximum absolute atomic E-state index is 14.3. The molecule has 0 spiro atoms. The minimum absolute atomic E-state index is 0.00110. The van der Waals surface area contributed by atoms with Gasteiger partial charge in [-0.15, -0.1) is 0 Å². The molecule has 0 aliphatic carbocycles. The van der Waals surface area contributed by atoms with Crippen molar-refractivity contribution in [2.75, 3.05) is 97.5 Å². The number of ether oxygens (including phenoxy) is 9. The van der Waals surface area contributed by atoms with Crippen LogP contribution in [0.25, 0.3) is 0 Å². The molecule has 0 unspecified atom stereocenters. The number of likely N-dealkylation sites (tertiary alicyclic amines) is 2. The first-order chi connectivity index (χ1) is 69.0. The van der Waals surface area contributed by atoms with Crippen molar-refractivity contribution in [1.29, 1.82) is 0 Å². The molecule has 3 fully saturated rings. The summed E-state index contributed by atoms with van der Waals surface area (Å²) in [4.78, 5) is 195. The number of esters is 1. The zero-order chi connectivity index (χ0) is 114. The Kier molecular flexibility index (Phi) is 61.0. The van der Waals surface area contributed by atoms with Crippen LogP contribution in [0.1, 0.15) is 310 Å². The van der Waals surface area contributed by atoms with Gasteiger partial charge in [-0.3, -0.25) is 57.5 Å². The number of carboxylic acids is 2. The molecule has 0 saturated carbocycles. The molecule has 1 aromatic rings. The van der Waals surface area contributed by atoms with Gasteiger partial charge in [0.15, 0.2) is 11.6 Å². The first kappa shape index (κ1) is 134. The number of Topliss-reactive ketones (excluding diaryl/α,β-unsaturated/α-hetero) is 4. The van der Waals surface area contributed by atoms with Gasteiger partial charge in [0.05, 0.1) is 110 Å². The number of nitrogens with zero attached hydrogens (tertiary/aromatic N) is 7. The van der Waals surface area contributed by atoms with Crippen LogP contribution in [-0.2, 0) is 107 Å². The second-order valence-electron chi connectivity index (χ2n) is 44.8. The summed E-state index contributed by atoms with van der Waals surface area (Å²) in [5, 5.41) is 22.4. The molecule has 24 atom stereocenters. The van der Waals surface area contributed by atoms with Gasteiger partial charge in [0, 0.05) is 147 Å². The molecule has 1 aromatic carbocycles. The molecule has 34 nitrogen and oxygen atoms in total. The van der Waals surface area contributed by atoms with Crippen LogP contribution >= 0.6 is 0 Å². The average molecular weight is 2080 g/mol. The van der Waals surface area contributed by atoms with Gasteiger partial charge in [0.2, 0.25) is 29.5 Å². The first-order valence-electron chi connectivity index (χ1n) is 54.5. The van der Waals surface area contributed by atoms with Crippen molar-refractivity contribution in [2.24, 2.45) is 94.7 Å². The van der Waals surface area contributed by atoms with Gasteiger partial charge in [0.25, 0.3) is 0 Å². The first-order valence-corrected chi connectivity index (χ1v) is 53.2. The third-order valence-electron chi connectivity index (χ3n) is 29.9. The third-order valence-corrected chi connectivity index (χ3v) is 29.9. The topological polar surface area (TPSA) is 432 Å². The molecule has 3 saturated heterocycles. The Morgan fingerprint density at radius 1 is 0.425 bits per heavy atom. The smallest absolute Gasteiger partial charge is 0.410 e. The predicted octanol–water partition coefficient (Wildman–Crippen LogP) is 17.3. The Bertz CT molecular complexity index is 4150. The van der Waals surface area contributed by atoms with E-state index >= 15 is 0 Å². The molecule has 34 heteroatoms. The summed E-state index contributed by atoms with van der Waals surface area (Å²) in [7, 11) is 17.5. The number of likely N-dealkylation sites (N-methyl/N-ethyl adjacent to an activating group) is 5. The van der Waals surface area contributed by atoms with E-state index in [0.717, 1.165) is 63.5 Å². The number of carbonyl (C=O) groups is 14. The van der Waals surface area contributed by atoms with E-state index in [1.807, 2.05) is 141 Å². The lowest BCUT2D eigenvalue weighted by molar-refractivity contribution is -0.155. The molecule has 6 N–H and O–H groups in total. The summed E-state index contributed by atoms with van der Waals surface area (Å²) in [6, 6.07) is 6.51. The predicted molar refractivity (Wildman–Crippen MR) is 570 cm³/mol. The normalized spacial score (nSPS) is 19.4. The minimum Gasteiger partial charge on any atom is -0.481 e. The molecule has 3 aliphatic heterocycles. The van der Waals surface area contributed by atoms with E-state index in [0.29, 0.717) is 32.5 Å². The number of ketones is 4. The number of rotatable bonds is 56. The number of nitrogens with one attached hydrogen (secondary N) is 1. The summed E-state index contributed by atoms with van der Waals surface area (Å²) in [6.07, 6.45) is 7.47. The summed E-state index contributed by atoms with van der Waals surface area (Å²) >= 11 is 0. The highest BCUT2D eigenvalue weighted by atomic mass is 16.6. The summed E-state index contributed by atoms with van der Waals surface area (Å²) in [6.45, 7) is 55.1. The van der Waals surface area contributed by atoms with Crippen molar-refractivity contribution in [3.8, 4) is 0 Å². The lowest BCUT2D eigenvalue weighted by Gasteiger charge is -2.41. The number of hydrogen-bond donors (Lipinski definition) is 4. The summed E-state index contributed by atoms with van der Waals surface area (Å²) in [5.41, 5.74) is -0.424. The second kappa shape index (κ2) is 66.5. The van der Waals surface area contributed by atoms with E-state index in [1.54, 1.807) is 136 Å². The van der Waals surface area contributed by atoms with Crippen LogP contribution in [-0.4, -0.2) is 321 Å². The molecule has 7 amide bonds. The third kappa shape index (κ3) is 42.3. The van der Waals surface area contributed by atoms with E-state index in [2.05, 4.69) is 39.2 Å². The lowest BCUT2D eigenvalue weighted by atomic mass is 9.80. The van der Waals surface area contributed by atoms with E-state index in [9.17, 15) is 77.3 Å². The average Bonchev–Trinajstić information content (AvgIpc) is 1.75. The van der Waals surface area contributed by atoms with Crippen molar-refractivity contribution in [3.63, 3.8) is 0 Å². The molecular weight excluding hydrogens is 1870 g/mol. The van der Waals surface area contributed by atoms with E-state index < -0.39 is 120 Å². The van der Waals surface area contributed by atoms with Crippen molar-refractivity contribution in [1.82, 2.24) is 45.8 Å². The number of carbonyl (C=O) groups excluding carboxylic acids is 12. The SMILES string of the molecule is CC[C@H](C)[C@@H]([C@@H](CC(=O)N1CCC[C@H]1[C@H](OC)[C@@H](C)C(=O)O)OC)N(C)C(=O)[C@@H](CC(=O)[C@H](C(C)C)N(C)C(=O)OC(C)(C)C)C(C)C.CC[C@H](C)[C@@H]([C@@H](CC(=O)O)OC)N(C)C(=O)[C@@H](CC(=O)[C@H](C(C)C)N(C)C(=O)OC(C)(C)C)C(C)C.CO[C@@H]([C@@H]1CCCN1)[C@@H](C)C(=O)OCc1ccccc1.[3H]CC(=O)[C@H](C)[C@@H](OC)[C@@H]1CCCN1C(=O)C[C@@H](OC)[C@H]([C@@H](C)CC)N(C)C(=O)[C@@H](CC(=O)[C@@H](CC)C(C)C)C(C)C.[3H]N. The van der Waals surface area contributed by atoms with Gasteiger partial charge in [-0.05, 0) is 173 Å². The zero-order valence-corrected chi connectivity index (χ0v) is 97.0. The fourth-order valence-corrected chi connectivity index (χ4v) is 20.9. The number of aliphatic carboxylic acids is 2. The number of carboxylic acid groups (broad SMARTS) is 2. The number of amides is 7.